The Balaban J connectivity index is 0.000000709. The predicted molar refractivity (Wildman–Crippen MR) is 128 cm³/mol. The predicted octanol–water partition coefficient (Wildman–Crippen LogP) is 3.33. The van der Waals surface area contributed by atoms with Crippen molar-refractivity contribution in [3.8, 4) is 5.75 Å². The Bertz CT molecular complexity index is 1190. The number of benzene rings is 2. The Morgan fingerprint density at radius 2 is 1.64 bits per heavy atom. The van der Waals surface area contributed by atoms with Gasteiger partial charge in [-0.25, -0.2) is 13.6 Å². The highest BCUT2D eigenvalue weighted by Crippen LogP contribution is 2.24. The molecule has 0 saturated carbocycles. The maximum Gasteiger partial charge on any atom is 0.227 e. The molecule has 1 aliphatic heterocycles. The van der Waals surface area contributed by atoms with E-state index in [-0.39, 0.29) is 11.2 Å². The monoisotopic (exact) mass is 470 g/mol. The van der Waals surface area contributed by atoms with Crippen LogP contribution in [-0.4, -0.2) is 13.3 Å². The normalized spacial score (nSPS) is 12.8. The molecule has 4 rings (SSSR count). The fourth-order valence-electron chi connectivity index (χ4n) is 3.97. The van der Waals surface area contributed by atoms with Crippen molar-refractivity contribution in [2.45, 2.75) is 52.9 Å². The van der Waals surface area contributed by atoms with E-state index in [0.717, 1.165) is 31.5 Å². The first-order valence-electron chi connectivity index (χ1n) is 10.9. The van der Waals surface area contributed by atoms with Crippen molar-refractivity contribution in [2.75, 3.05) is 0 Å². The molecule has 0 fully saturated rings. The third-order valence-corrected chi connectivity index (χ3v) is 5.56. The summed E-state index contributed by atoms with van der Waals surface area (Å²) in [6.07, 6.45) is 3.47. The standard InChI is InChI=1S/C25H27NO3.H3NO2S/c1-3-19-10-9-18(11-20(19)4-2)16-29-25-17-28-23(12-24(25)27)15-26-13-21-7-5-6-8-22(21)14-26;1-4(2)3/h5-12,17H,3-4,13-16H2,1-2H3;4H,(H2,1,2,3). The van der Waals surface area contributed by atoms with Gasteiger partial charge in [0, 0.05) is 19.2 Å². The van der Waals surface area contributed by atoms with E-state index in [0.29, 0.717) is 18.9 Å². The van der Waals surface area contributed by atoms with Gasteiger partial charge < -0.3 is 9.15 Å². The Kier molecular flexibility index (Phi) is 8.82. The van der Waals surface area contributed by atoms with E-state index in [4.69, 9.17) is 17.6 Å². The smallest absolute Gasteiger partial charge is 0.227 e. The molecule has 0 radical (unpaired) electrons. The second kappa shape index (κ2) is 11.8. The van der Waals surface area contributed by atoms with Gasteiger partial charge in [0.1, 0.15) is 18.6 Å². The summed E-state index contributed by atoms with van der Waals surface area (Å²) in [5.74, 6) is 0.923. The summed E-state index contributed by atoms with van der Waals surface area (Å²) >= 11 is 0. The molecule has 0 aliphatic carbocycles. The molecule has 0 amide bonds. The Labute approximate surface area is 195 Å². The number of nitrogens with two attached hydrogens (primary N) is 1. The van der Waals surface area contributed by atoms with Crippen LogP contribution in [0.25, 0.3) is 0 Å². The average molecular weight is 471 g/mol. The van der Waals surface area contributed by atoms with Crippen molar-refractivity contribution >= 4 is 10.9 Å². The number of nitrogens with zero attached hydrogens (tertiary/aromatic N) is 1. The minimum atomic E-state index is -2.62. The van der Waals surface area contributed by atoms with E-state index in [1.807, 2.05) is 0 Å². The lowest BCUT2D eigenvalue weighted by molar-refractivity contribution is 0.241. The highest BCUT2D eigenvalue weighted by atomic mass is 32.2. The maximum atomic E-state index is 12.5. The summed E-state index contributed by atoms with van der Waals surface area (Å²) < 4.78 is 29.1. The zero-order valence-electron chi connectivity index (χ0n) is 19.0. The SMILES string of the molecule is CCc1ccc(COc2coc(CN3Cc4ccccc4C3)cc2=O)cc1CC.N[SH](=O)=O. The van der Waals surface area contributed by atoms with Gasteiger partial charge in [0.25, 0.3) is 0 Å². The van der Waals surface area contributed by atoms with Crippen molar-refractivity contribution in [1.29, 1.82) is 0 Å². The van der Waals surface area contributed by atoms with E-state index in [1.165, 1.54) is 28.5 Å². The van der Waals surface area contributed by atoms with Gasteiger partial charge in [-0.3, -0.25) is 9.69 Å². The molecular weight excluding hydrogens is 440 g/mol. The first-order chi connectivity index (χ1) is 15.9. The number of ether oxygens (including phenoxy) is 1. The highest BCUT2D eigenvalue weighted by molar-refractivity contribution is 7.69. The first-order valence-corrected chi connectivity index (χ1v) is 12.2. The van der Waals surface area contributed by atoms with Crippen LogP contribution < -0.4 is 15.3 Å². The van der Waals surface area contributed by atoms with Crippen LogP contribution in [-0.2, 0) is 50.0 Å². The molecule has 2 N–H and O–H groups in total. The molecule has 0 saturated heterocycles. The van der Waals surface area contributed by atoms with Crippen LogP contribution in [0, 0.1) is 0 Å². The van der Waals surface area contributed by atoms with Gasteiger partial charge in [-0.05, 0) is 40.7 Å². The lowest BCUT2D eigenvalue weighted by atomic mass is 10.0. The third-order valence-electron chi connectivity index (χ3n) is 5.56. The molecule has 0 atom stereocenters. The molecule has 2 aromatic carbocycles. The number of fused-ring (bicyclic) bond motifs is 1. The summed E-state index contributed by atoms with van der Waals surface area (Å²) in [6.45, 7) is 7.06. The lowest BCUT2D eigenvalue weighted by Gasteiger charge is -2.14. The quantitative estimate of drug-likeness (QED) is 0.514. The van der Waals surface area contributed by atoms with Gasteiger partial charge in [0.15, 0.2) is 10.9 Å². The van der Waals surface area contributed by atoms with Gasteiger partial charge in [-0.15, -0.1) is 0 Å². The van der Waals surface area contributed by atoms with Crippen LogP contribution in [0.1, 0.15) is 47.4 Å². The molecule has 2 heterocycles. The van der Waals surface area contributed by atoms with Crippen molar-refractivity contribution in [2.24, 2.45) is 5.14 Å². The topological polar surface area (TPSA) is 103 Å². The molecule has 33 heavy (non-hydrogen) atoms. The number of rotatable bonds is 7. The van der Waals surface area contributed by atoms with Crippen molar-refractivity contribution in [3.63, 3.8) is 0 Å². The molecule has 176 valence electrons. The summed E-state index contributed by atoms with van der Waals surface area (Å²) in [4.78, 5) is 14.7. The molecule has 0 bridgehead atoms. The van der Waals surface area contributed by atoms with E-state index in [9.17, 15) is 4.79 Å². The van der Waals surface area contributed by atoms with E-state index >= 15 is 0 Å². The van der Waals surface area contributed by atoms with E-state index < -0.39 is 10.9 Å². The lowest BCUT2D eigenvalue weighted by Crippen LogP contribution is -2.17. The minimum absolute atomic E-state index is 0.135. The average Bonchev–Trinajstić information content (AvgIpc) is 3.20. The zero-order chi connectivity index (χ0) is 23.8. The fourth-order valence-corrected chi connectivity index (χ4v) is 3.97. The Morgan fingerprint density at radius 1 is 1.00 bits per heavy atom. The van der Waals surface area contributed by atoms with E-state index in [1.54, 1.807) is 6.07 Å². The van der Waals surface area contributed by atoms with Gasteiger partial charge in [0.2, 0.25) is 11.2 Å². The number of aryl methyl sites for hydroxylation is 2. The van der Waals surface area contributed by atoms with Crippen LogP contribution in [0.4, 0.5) is 0 Å². The second-order valence-corrected chi connectivity index (χ2v) is 8.44. The molecule has 0 unspecified atom stereocenters. The first kappa shape index (κ1) is 24.7. The van der Waals surface area contributed by atoms with Crippen LogP contribution in [0.15, 0.2) is 64.0 Å². The minimum Gasteiger partial charge on any atom is -0.482 e. The van der Waals surface area contributed by atoms with Gasteiger partial charge in [-0.1, -0.05) is 56.3 Å². The van der Waals surface area contributed by atoms with Crippen molar-refractivity contribution < 1.29 is 17.6 Å². The molecule has 1 aliphatic rings. The molecule has 8 heteroatoms. The third kappa shape index (κ3) is 7.02. The molecule has 1 aromatic heterocycles. The molecule has 0 spiro atoms. The Hall–Kier alpha value is -2.94. The largest absolute Gasteiger partial charge is 0.482 e. The van der Waals surface area contributed by atoms with Crippen molar-refractivity contribution in [3.05, 3.63) is 98.6 Å². The Morgan fingerprint density at radius 3 is 2.21 bits per heavy atom. The van der Waals surface area contributed by atoms with Crippen LogP contribution in [0.2, 0.25) is 0 Å². The summed E-state index contributed by atoms with van der Waals surface area (Å²) in [7, 11) is -2.62. The number of thiol groups is 1. The van der Waals surface area contributed by atoms with Crippen molar-refractivity contribution in [1.82, 2.24) is 4.90 Å². The molecule has 3 aromatic rings. The number of hydrogen-bond acceptors (Lipinski definition) is 6. The fraction of sp³-hybridized carbons (Fsp3) is 0.320. The highest BCUT2D eigenvalue weighted by Gasteiger charge is 2.19. The van der Waals surface area contributed by atoms with Crippen LogP contribution in [0.5, 0.6) is 5.75 Å². The van der Waals surface area contributed by atoms with Gasteiger partial charge >= 0.3 is 0 Å². The zero-order valence-corrected chi connectivity index (χ0v) is 19.8. The van der Waals surface area contributed by atoms with Crippen LogP contribution in [0.3, 0.4) is 0 Å². The summed E-state index contributed by atoms with van der Waals surface area (Å²) in [6, 6.07) is 16.4. The molecule has 7 nitrogen and oxygen atoms in total. The van der Waals surface area contributed by atoms with E-state index in [2.05, 4.69) is 66.4 Å². The van der Waals surface area contributed by atoms with Crippen LogP contribution >= 0.6 is 0 Å². The maximum absolute atomic E-state index is 12.5. The molecular formula is C25H30N2O5S. The second-order valence-electron chi connectivity index (χ2n) is 7.87. The number of hydrogen-bond donors (Lipinski definition) is 2. The summed E-state index contributed by atoms with van der Waals surface area (Å²) in [5.41, 5.74) is 6.32. The van der Waals surface area contributed by atoms with Gasteiger partial charge in [-0.2, -0.15) is 0 Å². The van der Waals surface area contributed by atoms with Gasteiger partial charge in [0.05, 0.1) is 6.54 Å². The summed E-state index contributed by atoms with van der Waals surface area (Å²) in [5, 5.41) is 4.06.